The molecule has 6 nitrogen and oxygen atoms in total. The first-order chi connectivity index (χ1) is 20.0. The zero-order valence-corrected chi connectivity index (χ0v) is 25.6. The summed E-state index contributed by atoms with van der Waals surface area (Å²) in [5.41, 5.74) is 0.957. The predicted molar refractivity (Wildman–Crippen MR) is 149 cm³/mol. The smallest absolute Gasteiger partial charge is 0.308 e. The Bertz CT molecular complexity index is 1070. The van der Waals surface area contributed by atoms with E-state index in [1.807, 2.05) is 6.92 Å². The summed E-state index contributed by atoms with van der Waals surface area (Å²) in [5, 5.41) is 8.62. The van der Waals surface area contributed by atoms with Crippen LogP contribution in [0.1, 0.15) is 89.5 Å². The van der Waals surface area contributed by atoms with Gasteiger partial charge in [-0.25, -0.2) is 26.3 Å². The van der Waals surface area contributed by atoms with E-state index in [0.717, 1.165) is 5.56 Å². The van der Waals surface area contributed by atoms with E-state index >= 15 is 0 Å². The molecule has 0 saturated heterocycles. The summed E-state index contributed by atoms with van der Waals surface area (Å²) in [4.78, 5) is 11.2. The lowest BCUT2D eigenvalue weighted by Crippen LogP contribution is -2.29. The number of alkyl halides is 6. The lowest BCUT2D eigenvalue weighted by atomic mass is 9.87. The van der Waals surface area contributed by atoms with E-state index < -0.39 is 27.9 Å². The third-order valence-corrected chi connectivity index (χ3v) is 9.33. The van der Waals surface area contributed by atoms with Crippen molar-refractivity contribution in [3.8, 4) is 0 Å². The fraction of sp³-hybridized carbons (Fsp3) is 0.767. The zero-order valence-electron chi connectivity index (χ0n) is 24.8. The van der Waals surface area contributed by atoms with Crippen molar-refractivity contribution < 1.29 is 53.6 Å². The predicted octanol–water partition coefficient (Wildman–Crippen LogP) is 7.71. The molecule has 0 aliphatic heterocycles. The molecule has 1 aromatic rings. The topological polar surface area (TPSA) is 89.9 Å². The maximum atomic E-state index is 13.0. The van der Waals surface area contributed by atoms with Crippen LogP contribution in [0.4, 0.5) is 26.3 Å². The molecule has 0 amide bonds. The van der Waals surface area contributed by atoms with Gasteiger partial charge in [-0.05, 0) is 76.3 Å². The summed E-state index contributed by atoms with van der Waals surface area (Å²) >= 11 is 0. The first-order valence-electron chi connectivity index (χ1n) is 14.8. The standard InChI is InChI=1S/C14H18F2O3S.C9H14F2O2.C7H12F2O/c1-11-2-4-13(5-3-11)20(17,18)19-10-12-6-8-14(15,16)9-7-12;1-2-13-8(12)7-3-5-9(10,11)6-4-7;8-7(9)3-1-6(5-10)2-4-7/h2-5,12H,6-10H2,1H3;7H,2-6H2,1H3;6,10H,1-5H2. The van der Waals surface area contributed by atoms with Crippen LogP contribution in [-0.2, 0) is 23.8 Å². The number of benzene rings is 1. The molecule has 1 aromatic carbocycles. The molecular weight excluding hydrogens is 602 g/mol. The highest BCUT2D eigenvalue weighted by Gasteiger charge is 2.38. The maximum Gasteiger partial charge on any atom is 0.308 e. The van der Waals surface area contributed by atoms with Gasteiger partial charge in [0.25, 0.3) is 10.1 Å². The zero-order chi connectivity index (χ0) is 32.3. The summed E-state index contributed by atoms with van der Waals surface area (Å²) in [6.45, 7) is 3.95. The van der Waals surface area contributed by atoms with Crippen LogP contribution in [0.15, 0.2) is 29.2 Å². The normalized spacial score (nSPS) is 22.3. The van der Waals surface area contributed by atoms with Gasteiger partial charge in [-0.15, -0.1) is 0 Å². The molecule has 43 heavy (non-hydrogen) atoms. The summed E-state index contributed by atoms with van der Waals surface area (Å²) in [5.74, 6) is -8.24. The van der Waals surface area contributed by atoms with Crippen LogP contribution in [0.25, 0.3) is 0 Å². The first kappa shape index (κ1) is 37.3. The van der Waals surface area contributed by atoms with Gasteiger partial charge < -0.3 is 9.84 Å². The fourth-order valence-electron chi connectivity index (χ4n) is 5.04. The van der Waals surface area contributed by atoms with E-state index in [1.165, 1.54) is 12.1 Å². The number of aryl methyl sites for hydroxylation is 1. The Hall–Kier alpha value is -1.86. The minimum absolute atomic E-state index is 0.0215. The van der Waals surface area contributed by atoms with Gasteiger partial charge in [0.15, 0.2) is 0 Å². The fourth-order valence-corrected chi connectivity index (χ4v) is 6.02. The van der Waals surface area contributed by atoms with Crippen LogP contribution in [0.5, 0.6) is 0 Å². The Labute approximate surface area is 250 Å². The molecule has 1 N–H and O–H groups in total. The molecule has 3 aliphatic carbocycles. The molecule has 0 spiro atoms. The summed E-state index contributed by atoms with van der Waals surface area (Å²) in [7, 11) is -3.79. The van der Waals surface area contributed by atoms with Crippen LogP contribution in [0.3, 0.4) is 0 Å². The Morgan fingerprint density at radius 2 is 1.21 bits per heavy atom. The van der Waals surface area contributed by atoms with E-state index in [1.54, 1.807) is 19.1 Å². The molecule has 0 atom stereocenters. The van der Waals surface area contributed by atoms with Crippen molar-refractivity contribution in [1.29, 1.82) is 0 Å². The molecule has 0 heterocycles. The Kier molecular flexibility index (Phi) is 14.3. The second kappa shape index (κ2) is 16.5. The second-order valence-electron chi connectivity index (χ2n) is 11.7. The van der Waals surface area contributed by atoms with E-state index in [-0.39, 0.29) is 93.2 Å². The monoisotopic (exact) mass is 646 g/mol. The van der Waals surface area contributed by atoms with Gasteiger partial charge in [-0.2, -0.15) is 8.42 Å². The lowest BCUT2D eigenvalue weighted by molar-refractivity contribution is -0.152. The highest BCUT2D eigenvalue weighted by Crippen LogP contribution is 2.38. The number of hydrogen-bond acceptors (Lipinski definition) is 6. The number of carbonyl (C=O) groups is 1. The minimum atomic E-state index is -3.79. The molecule has 13 heteroatoms. The first-order valence-corrected chi connectivity index (χ1v) is 16.3. The number of halogens is 6. The van der Waals surface area contributed by atoms with Crippen LogP contribution >= 0.6 is 0 Å². The van der Waals surface area contributed by atoms with Crippen molar-refractivity contribution >= 4 is 16.1 Å². The second-order valence-corrected chi connectivity index (χ2v) is 13.3. The number of hydrogen-bond donors (Lipinski definition) is 1. The van der Waals surface area contributed by atoms with Gasteiger partial charge >= 0.3 is 5.97 Å². The van der Waals surface area contributed by atoms with Gasteiger partial charge in [-0.3, -0.25) is 8.98 Å². The number of rotatable bonds is 7. The molecule has 3 aliphatic rings. The van der Waals surface area contributed by atoms with E-state index in [2.05, 4.69) is 0 Å². The number of ether oxygens (including phenoxy) is 1. The minimum Gasteiger partial charge on any atom is -0.466 e. The Balaban J connectivity index is 0.000000242. The molecule has 3 fully saturated rings. The van der Waals surface area contributed by atoms with E-state index in [0.29, 0.717) is 32.3 Å². The third-order valence-electron chi connectivity index (χ3n) is 8.04. The van der Waals surface area contributed by atoms with E-state index in [9.17, 15) is 39.6 Å². The molecule has 0 aromatic heterocycles. The molecule has 248 valence electrons. The van der Waals surface area contributed by atoms with Gasteiger partial charge in [0.05, 0.1) is 24.0 Å². The number of esters is 1. The number of carbonyl (C=O) groups excluding carboxylic acids is 1. The summed E-state index contributed by atoms with van der Waals surface area (Å²) in [6.07, 6.45) is 1.23. The van der Waals surface area contributed by atoms with E-state index in [4.69, 9.17) is 14.0 Å². The highest BCUT2D eigenvalue weighted by molar-refractivity contribution is 7.86. The molecule has 0 unspecified atom stereocenters. The van der Waals surface area contributed by atoms with Crippen molar-refractivity contribution in [2.45, 2.75) is 114 Å². The van der Waals surface area contributed by atoms with Crippen molar-refractivity contribution in [3.05, 3.63) is 29.8 Å². The number of aliphatic hydroxyl groups excluding tert-OH is 1. The SMILES string of the molecule is CCOC(=O)C1CCC(F)(F)CC1.Cc1ccc(S(=O)(=O)OCC2CCC(F)(F)CC2)cc1.OCC1CCC(F)(F)CC1. The molecule has 4 rings (SSSR count). The maximum absolute atomic E-state index is 13.0. The van der Waals surface area contributed by atoms with Gasteiger partial charge in [0, 0.05) is 45.1 Å². The van der Waals surface area contributed by atoms with Gasteiger partial charge in [0.1, 0.15) is 0 Å². The molecule has 3 saturated carbocycles. The quantitative estimate of drug-likeness (QED) is 0.186. The summed E-state index contributed by atoms with van der Waals surface area (Å²) in [6, 6.07) is 6.36. The molecular formula is C30H44F6O6S. The van der Waals surface area contributed by atoms with Crippen LogP contribution < -0.4 is 0 Å². The van der Waals surface area contributed by atoms with Crippen molar-refractivity contribution in [3.63, 3.8) is 0 Å². The van der Waals surface area contributed by atoms with Crippen molar-refractivity contribution in [1.82, 2.24) is 0 Å². The summed E-state index contributed by atoms with van der Waals surface area (Å²) < 4.78 is 110. The third kappa shape index (κ3) is 13.8. The molecule has 0 bridgehead atoms. The van der Waals surface area contributed by atoms with Crippen molar-refractivity contribution in [2.75, 3.05) is 19.8 Å². The van der Waals surface area contributed by atoms with Gasteiger partial charge in [0.2, 0.25) is 17.8 Å². The largest absolute Gasteiger partial charge is 0.466 e. The average Bonchev–Trinajstić information content (AvgIpc) is 2.93. The Morgan fingerprint density at radius 1 is 0.791 bits per heavy atom. The Morgan fingerprint density at radius 3 is 1.63 bits per heavy atom. The highest BCUT2D eigenvalue weighted by atomic mass is 32.2. The van der Waals surface area contributed by atoms with Crippen LogP contribution in [0, 0.1) is 24.7 Å². The average molecular weight is 647 g/mol. The van der Waals surface area contributed by atoms with Gasteiger partial charge in [-0.1, -0.05) is 17.7 Å². The van der Waals surface area contributed by atoms with Crippen LogP contribution in [-0.4, -0.2) is 57.1 Å². The lowest BCUT2D eigenvalue weighted by Gasteiger charge is -2.27. The molecule has 0 radical (unpaired) electrons. The van der Waals surface area contributed by atoms with Crippen molar-refractivity contribution in [2.24, 2.45) is 17.8 Å². The van der Waals surface area contributed by atoms with Crippen LogP contribution in [0.2, 0.25) is 0 Å². The number of aliphatic hydroxyl groups is 1.